The van der Waals surface area contributed by atoms with E-state index in [1.54, 1.807) is 39.5 Å². The summed E-state index contributed by atoms with van der Waals surface area (Å²) in [6.45, 7) is 4.75. The van der Waals surface area contributed by atoms with Crippen LogP contribution in [0.25, 0.3) is 16.7 Å². The minimum atomic E-state index is -1.00. The molecule has 188 valence electrons. The molecule has 1 unspecified atom stereocenters. The van der Waals surface area contributed by atoms with Gasteiger partial charge in [0, 0.05) is 11.6 Å². The maximum atomic E-state index is 14.1. The number of nitrogens with zero attached hydrogens (tertiary/aromatic N) is 2. The highest BCUT2D eigenvalue weighted by atomic mass is 35.5. The van der Waals surface area contributed by atoms with Gasteiger partial charge in [0.1, 0.15) is 0 Å². The molecule has 0 spiro atoms. The molecule has 1 saturated heterocycles. The normalized spacial score (nSPS) is 19.6. The van der Waals surface area contributed by atoms with Crippen LogP contribution < -0.4 is 11.0 Å². The molecule has 3 aromatic carbocycles. The third kappa shape index (κ3) is 3.60. The number of carbonyl (C=O) groups excluding carboxylic acids is 1. The third-order valence-corrected chi connectivity index (χ3v) is 8.08. The molecule has 37 heavy (non-hydrogen) atoms. The second-order valence-electron chi connectivity index (χ2n) is 10.7. The molecule has 0 radical (unpaired) electrons. The van der Waals surface area contributed by atoms with E-state index in [0.29, 0.717) is 22.8 Å². The van der Waals surface area contributed by atoms with Crippen LogP contribution in [0.2, 0.25) is 5.02 Å². The molecule has 0 bridgehead atoms. The number of fused-ring (bicyclic) bond motifs is 1. The van der Waals surface area contributed by atoms with Gasteiger partial charge in [-0.15, -0.1) is 0 Å². The molecule has 2 aliphatic rings. The van der Waals surface area contributed by atoms with Crippen molar-refractivity contribution in [2.45, 2.75) is 38.1 Å². The van der Waals surface area contributed by atoms with Crippen molar-refractivity contribution in [3.63, 3.8) is 0 Å². The number of aromatic carboxylic acids is 1. The largest absolute Gasteiger partial charge is 0.478 e. The van der Waals surface area contributed by atoms with E-state index in [1.165, 1.54) is 0 Å². The Hall–Kier alpha value is -3.84. The topological polar surface area (TPSA) is 93.3 Å². The zero-order valence-corrected chi connectivity index (χ0v) is 21.2. The van der Waals surface area contributed by atoms with Crippen molar-refractivity contribution < 1.29 is 14.7 Å². The lowest BCUT2D eigenvalue weighted by Gasteiger charge is -2.24. The number of nitrogens with one attached hydrogen (secondary N) is 1. The van der Waals surface area contributed by atoms with E-state index >= 15 is 0 Å². The molecule has 1 aliphatic carbocycles. The Labute approximate surface area is 218 Å². The monoisotopic (exact) mass is 515 g/mol. The molecule has 2 fully saturated rings. The Balaban J connectivity index is 1.51. The number of carboxylic acid groups (broad SMARTS) is 1. The van der Waals surface area contributed by atoms with Gasteiger partial charge in [0.15, 0.2) is 0 Å². The summed E-state index contributed by atoms with van der Waals surface area (Å²) in [5.41, 5.74) is 2.92. The first-order valence-corrected chi connectivity index (χ1v) is 12.7. The van der Waals surface area contributed by atoms with Gasteiger partial charge in [0.2, 0.25) is 5.91 Å². The average Bonchev–Trinajstić information content (AvgIpc) is 3.55. The van der Waals surface area contributed by atoms with Gasteiger partial charge < -0.3 is 10.4 Å². The van der Waals surface area contributed by atoms with Gasteiger partial charge in [-0.1, -0.05) is 49.7 Å². The molecule has 1 aromatic heterocycles. The van der Waals surface area contributed by atoms with Crippen LogP contribution in [0.15, 0.2) is 71.5 Å². The molecule has 4 aromatic rings. The molecule has 1 amide bonds. The predicted octanol–water partition coefficient (Wildman–Crippen LogP) is 4.92. The Morgan fingerprint density at radius 2 is 1.73 bits per heavy atom. The number of halogens is 1. The summed E-state index contributed by atoms with van der Waals surface area (Å²) in [6, 6.07) is 19.8. The summed E-state index contributed by atoms with van der Waals surface area (Å²) in [5, 5.41) is 13.0. The molecule has 1 atom stereocenters. The van der Waals surface area contributed by atoms with Crippen molar-refractivity contribution >= 4 is 34.5 Å². The molecule has 1 aliphatic heterocycles. The Morgan fingerprint density at radius 3 is 2.35 bits per heavy atom. The van der Waals surface area contributed by atoms with Crippen LogP contribution in [0.3, 0.4) is 0 Å². The van der Waals surface area contributed by atoms with Crippen LogP contribution in [0.1, 0.15) is 54.1 Å². The SMILES string of the molecule is CC1(C)CNC(=O)C1c1ccc(-n2c(=O)n(C3(c4cccc(C(=O)O)c4)CC3)c3ccc(Cl)cc32)cc1. The van der Waals surface area contributed by atoms with Crippen molar-refractivity contribution in [2.24, 2.45) is 5.41 Å². The van der Waals surface area contributed by atoms with E-state index < -0.39 is 11.5 Å². The van der Waals surface area contributed by atoms with Gasteiger partial charge in [-0.2, -0.15) is 0 Å². The lowest BCUT2D eigenvalue weighted by Crippen LogP contribution is -2.32. The van der Waals surface area contributed by atoms with Crippen LogP contribution in [-0.4, -0.2) is 32.7 Å². The maximum Gasteiger partial charge on any atom is 0.335 e. The van der Waals surface area contributed by atoms with Crippen molar-refractivity contribution in [3.05, 3.63) is 98.9 Å². The van der Waals surface area contributed by atoms with Gasteiger partial charge >= 0.3 is 11.7 Å². The molecule has 7 nitrogen and oxygen atoms in total. The van der Waals surface area contributed by atoms with Gasteiger partial charge in [-0.05, 0) is 71.8 Å². The molecule has 2 N–H and O–H groups in total. The summed E-state index contributed by atoms with van der Waals surface area (Å²) in [5.74, 6) is -1.25. The quantitative estimate of drug-likeness (QED) is 0.394. The zero-order valence-electron chi connectivity index (χ0n) is 20.5. The van der Waals surface area contributed by atoms with Crippen molar-refractivity contribution in [1.29, 1.82) is 0 Å². The van der Waals surface area contributed by atoms with Crippen LogP contribution >= 0.6 is 11.6 Å². The minimum Gasteiger partial charge on any atom is -0.478 e. The molecule has 8 heteroatoms. The number of hydrogen-bond acceptors (Lipinski definition) is 3. The highest BCUT2D eigenvalue weighted by molar-refractivity contribution is 6.31. The standard InChI is InChI=1S/C29H26ClN3O4/c1-28(2)16-31-25(34)24(28)17-6-9-21(10-7-17)32-23-15-20(30)8-11-22(23)33(27(32)37)29(12-13-29)19-5-3-4-18(14-19)26(35)36/h3-11,14-15,24H,12-13,16H2,1-2H3,(H,31,34)(H,35,36). The summed E-state index contributed by atoms with van der Waals surface area (Å²) < 4.78 is 3.42. The fourth-order valence-electron chi connectivity index (χ4n) is 5.83. The van der Waals surface area contributed by atoms with Gasteiger partial charge in [0.25, 0.3) is 0 Å². The number of benzene rings is 3. The first kappa shape index (κ1) is 23.6. The van der Waals surface area contributed by atoms with Gasteiger partial charge in [-0.3, -0.25) is 13.9 Å². The van der Waals surface area contributed by atoms with Gasteiger partial charge in [0.05, 0.1) is 33.7 Å². The molecule has 6 rings (SSSR count). The lowest BCUT2D eigenvalue weighted by atomic mass is 9.77. The molecule has 1 saturated carbocycles. The van der Waals surface area contributed by atoms with Crippen LogP contribution in [0, 0.1) is 5.41 Å². The molecular formula is C29H26ClN3O4. The van der Waals surface area contributed by atoms with E-state index in [4.69, 9.17) is 11.6 Å². The highest BCUT2D eigenvalue weighted by Crippen LogP contribution is 2.50. The lowest BCUT2D eigenvalue weighted by molar-refractivity contribution is -0.121. The second kappa shape index (κ2) is 8.08. The third-order valence-electron chi connectivity index (χ3n) is 7.85. The number of aromatic nitrogens is 2. The Morgan fingerprint density at radius 1 is 1.00 bits per heavy atom. The highest BCUT2D eigenvalue weighted by Gasteiger charge is 2.49. The summed E-state index contributed by atoms with van der Waals surface area (Å²) >= 11 is 6.37. The predicted molar refractivity (Wildman–Crippen MR) is 142 cm³/mol. The van der Waals surface area contributed by atoms with Crippen molar-refractivity contribution in [1.82, 2.24) is 14.5 Å². The first-order chi connectivity index (χ1) is 17.6. The number of carbonyl (C=O) groups is 2. The number of amides is 1. The van der Waals surface area contributed by atoms with E-state index in [9.17, 15) is 19.5 Å². The summed E-state index contributed by atoms with van der Waals surface area (Å²) in [4.78, 5) is 38.2. The minimum absolute atomic E-state index is 0.0116. The number of imidazole rings is 1. The fraction of sp³-hybridized carbons (Fsp3) is 0.276. The van der Waals surface area contributed by atoms with Crippen molar-refractivity contribution in [3.8, 4) is 5.69 Å². The van der Waals surface area contributed by atoms with E-state index in [-0.39, 0.29) is 28.5 Å². The van der Waals surface area contributed by atoms with E-state index in [2.05, 4.69) is 19.2 Å². The van der Waals surface area contributed by atoms with E-state index in [0.717, 1.165) is 29.5 Å². The molecular weight excluding hydrogens is 490 g/mol. The smallest absolute Gasteiger partial charge is 0.335 e. The number of hydrogen-bond donors (Lipinski definition) is 2. The van der Waals surface area contributed by atoms with Crippen molar-refractivity contribution in [2.75, 3.05) is 6.54 Å². The fourth-order valence-corrected chi connectivity index (χ4v) is 5.99. The van der Waals surface area contributed by atoms with Crippen LogP contribution in [0.5, 0.6) is 0 Å². The number of carboxylic acids is 1. The Bertz CT molecular complexity index is 1640. The molecule has 2 heterocycles. The van der Waals surface area contributed by atoms with E-state index in [1.807, 2.05) is 36.4 Å². The Kier molecular flexibility index (Phi) is 5.14. The van der Waals surface area contributed by atoms with Gasteiger partial charge in [-0.25, -0.2) is 9.59 Å². The maximum absolute atomic E-state index is 14.1. The first-order valence-electron chi connectivity index (χ1n) is 12.3. The summed E-state index contributed by atoms with van der Waals surface area (Å²) in [6.07, 6.45) is 1.45. The average molecular weight is 516 g/mol. The van der Waals surface area contributed by atoms with Crippen LogP contribution in [-0.2, 0) is 10.3 Å². The summed E-state index contributed by atoms with van der Waals surface area (Å²) in [7, 11) is 0. The number of rotatable bonds is 5. The second-order valence-corrected chi connectivity index (χ2v) is 11.2. The zero-order chi connectivity index (χ0) is 26.1. The van der Waals surface area contributed by atoms with Crippen LogP contribution in [0.4, 0.5) is 0 Å².